The highest BCUT2D eigenvalue weighted by atomic mass is 35.5. The second-order valence-electron chi connectivity index (χ2n) is 4.60. The van der Waals surface area contributed by atoms with Crippen molar-refractivity contribution in [3.8, 4) is 0 Å². The van der Waals surface area contributed by atoms with Gasteiger partial charge in [0.05, 0.1) is 18.1 Å². The molecule has 18 heavy (non-hydrogen) atoms. The highest BCUT2D eigenvalue weighted by molar-refractivity contribution is 6.18. The Labute approximate surface area is 112 Å². The van der Waals surface area contributed by atoms with E-state index < -0.39 is 0 Å². The molecule has 5 heteroatoms. The standard InChI is InChI=1S/C13H17ClN2O2/c1-9-4-3-5-12(15-9)13(17)16-7-10(2)18-11(6-14)8-16/h3-5,10-11H,6-8H2,1-2H3. The molecule has 1 aromatic rings. The van der Waals surface area contributed by atoms with E-state index in [2.05, 4.69) is 4.98 Å². The van der Waals surface area contributed by atoms with Crippen LogP contribution in [0.5, 0.6) is 0 Å². The lowest BCUT2D eigenvalue weighted by Crippen LogP contribution is -2.50. The molecule has 1 fully saturated rings. The predicted molar refractivity (Wildman–Crippen MR) is 69.9 cm³/mol. The summed E-state index contributed by atoms with van der Waals surface area (Å²) in [6.45, 7) is 4.94. The van der Waals surface area contributed by atoms with Gasteiger partial charge < -0.3 is 9.64 Å². The third-order valence-corrected chi connectivity index (χ3v) is 3.24. The summed E-state index contributed by atoms with van der Waals surface area (Å²) in [6.07, 6.45) is -0.0829. The maximum absolute atomic E-state index is 12.3. The Bertz CT molecular complexity index is 439. The van der Waals surface area contributed by atoms with Crippen molar-refractivity contribution >= 4 is 17.5 Å². The number of aryl methyl sites for hydroxylation is 1. The minimum atomic E-state index is -0.0934. The molecule has 0 radical (unpaired) electrons. The number of hydrogen-bond acceptors (Lipinski definition) is 3. The zero-order valence-corrected chi connectivity index (χ0v) is 11.4. The van der Waals surface area contributed by atoms with Crippen molar-refractivity contribution in [2.24, 2.45) is 0 Å². The molecule has 2 unspecified atom stereocenters. The SMILES string of the molecule is Cc1cccc(C(=O)N2CC(C)OC(CCl)C2)n1. The lowest BCUT2D eigenvalue weighted by molar-refractivity contribution is -0.0571. The fourth-order valence-corrected chi connectivity index (χ4v) is 2.29. The number of hydrogen-bond donors (Lipinski definition) is 0. The highest BCUT2D eigenvalue weighted by Gasteiger charge is 2.28. The number of pyridine rings is 1. The largest absolute Gasteiger partial charge is 0.370 e. The van der Waals surface area contributed by atoms with Crippen molar-refractivity contribution in [3.05, 3.63) is 29.6 Å². The first-order valence-corrected chi connectivity index (χ1v) is 6.58. The highest BCUT2D eigenvalue weighted by Crippen LogP contribution is 2.15. The third-order valence-electron chi connectivity index (χ3n) is 2.89. The number of aromatic nitrogens is 1. The van der Waals surface area contributed by atoms with Crippen LogP contribution in [0.1, 0.15) is 23.1 Å². The van der Waals surface area contributed by atoms with Crippen LogP contribution in [0.25, 0.3) is 0 Å². The van der Waals surface area contributed by atoms with Gasteiger partial charge in [-0.2, -0.15) is 0 Å². The Balaban J connectivity index is 2.13. The molecule has 0 aromatic carbocycles. The van der Waals surface area contributed by atoms with Crippen LogP contribution in [0.15, 0.2) is 18.2 Å². The molecule has 1 aliphatic heterocycles. The van der Waals surface area contributed by atoms with Crippen LogP contribution in [0.3, 0.4) is 0 Å². The monoisotopic (exact) mass is 268 g/mol. The number of amides is 1. The molecule has 0 N–H and O–H groups in total. The number of carbonyl (C=O) groups excluding carboxylic acids is 1. The molecule has 2 rings (SSSR count). The molecular formula is C13H17ClN2O2. The fourth-order valence-electron chi connectivity index (χ4n) is 2.12. The number of carbonyl (C=O) groups is 1. The summed E-state index contributed by atoms with van der Waals surface area (Å²) in [6, 6.07) is 5.46. The zero-order valence-electron chi connectivity index (χ0n) is 10.6. The van der Waals surface area contributed by atoms with Gasteiger partial charge in [0.1, 0.15) is 5.69 Å². The van der Waals surface area contributed by atoms with Gasteiger partial charge in [0.15, 0.2) is 0 Å². The van der Waals surface area contributed by atoms with E-state index >= 15 is 0 Å². The van der Waals surface area contributed by atoms with Crippen molar-refractivity contribution in [2.75, 3.05) is 19.0 Å². The van der Waals surface area contributed by atoms with Crippen LogP contribution >= 0.6 is 11.6 Å². The van der Waals surface area contributed by atoms with E-state index in [0.29, 0.717) is 24.7 Å². The number of nitrogens with zero attached hydrogens (tertiary/aromatic N) is 2. The summed E-state index contributed by atoms with van der Waals surface area (Å²) in [5.41, 5.74) is 1.33. The van der Waals surface area contributed by atoms with Gasteiger partial charge in [-0.3, -0.25) is 4.79 Å². The normalized spacial score (nSPS) is 24.1. The Morgan fingerprint density at radius 1 is 1.56 bits per heavy atom. The fraction of sp³-hybridized carbons (Fsp3) is 0.538. The maximum atomic E-state index is 12.3. The molecule has 0 spiro atoms. The Hall–Kier alpha value is -1.13. The number of rotatable bonds is 2. The van der Waals surface area contributed by atoms with Crippen molar-refractivity contribution in [1.82, 2.24) is 9.88 Å². The van der Waals surface area contributed by atoms with Crippen LogP contribution in [0, 0.1) is 6.92 Å². The van der Waals surface area contributed by atoms with Gasteiger partial charge in [-0.15, -0.1) is 11.6 Å². The molecule has 0 bridgehead atoms. The van der Waals surface area contributed by atoms with Crippen LogP contribution in [-0.2, 0) is 4.74 Å². The molecule has 1 amide bonds. The summed E-state index contributed by atoms with van der Waals surface area (Å²) >= 11 is 5.81. The van der Waals surface area contributed by atoms with Gasteiger partial charge in [0, 0.05) is 18.8 Å². The molecule has 2 atom stereocenters. The molecule has 0 aliphatic carbocycles. The topological polar surface area (TPSA) is 42.4 Å². The summed E-state index contributed by atoms with van der Waals surface area (Å²) in [4.78, 5) is 18.3. The molecule has 1 aliphatic rings. The maximum Gasteiger partial charge on any atom is 0.272 e. The first kappa shape index (κ1) is 13.3. The Morgan fingerprint density at radius 3 is 3.00 bits per heavy atom. The lowest BCUT2D eigenvalue weighted by atomic mass is 10.2. The summed E-state index contributed by atoms with van der Waals surface area (Å²) in [5, 5.41) is 0. The van der Waals surface area contributed by atoms with E-state index in [0.717, 1.165) is 5.69 Å². The molecule has 1 aromatic heterocycles. The van der Waals surface area contributed by atoms with Crippen LogP contribution in [0.2, 0.25) is 0 Å². The van der Waals surface area contributed by atoms with Gasteiger partial charge in [-0.05, 0) is 26.0 Å². The van der Waals surface area contributed by atoms with Crippen LogP contribution < -0.4 is 0 Å². The van der Waals surface area contributed by atoms with Crippen LogP contribution in [-0.4, -0.2) is 47.0 Å². The van der Waals surface area contributed by atoms with E-state index in [4.69, 9.17) is 16.3 Å². The molecule has 4 nitrogen and oxygen atoms in total. The average Bonchev–Trinajstić information content (AvgIpc) is 2.37. The van der Waals surface area contributed by atoms with Gasteiger partial charge in [-0.1, -0.05) is 6.07 Å². The average molecular weight is 269 g/mol. The number of morpholine rings is 1. The van der Waals surface area contributed by atoms with Crippen molar-refractivity contribution in [2.45, 2.75) is 26.1 Å². The molecule has 2 heterocycles. The Kier molecular flexibility index (Phi) is 4.19. The van der Waals surface area contributed by atoms with E-state index in [1.54, 1.807) is 11.0 Å². The van der Waals surface area contributed by atoms with E-state index in [1.807, 2.05) is 26.0 Å². The number of halogens is 1. The number of ether oxygens (including phenoxy) is 1. The van der Waals surface area contributed by atoms with Crippen LogP contribution in [0.4, 0.5) is 0 Å². The van der Waals surface area contributed by atoms with E-state index in [9.17, 15) is 4.79 Å². The van der Waals surface area contributed by atoms with Gasteiger partial charge in [-0.25, -0.2) is 4.98 Å². The predicted octanol–water partition coefficient (Wildman–Crippen LogP) is 1.86. The van der Waals surface area contributed by atoms with Gasteiger partial charge in [0.25, 0.3) is 5.91 Å². The number of alkyl halides is 1. The Morgan fingerprint density at radius 2 is 2.33 bits per heavy atom. The molecule has 1 saturated heterocycles. The third kappa shape index (κ3) is 3.00. The quantitative estimate of drug-likeness (QED) is 0.769. The second-order valence-corrected chi connectivity index (χ2v) is 4.91. The smallest absolute Gasteiger partial charge is 0.272 e. The van der Waals surface area contributed by atoms with Crippen molar-refractivity contribution < 1.29 is 9.53 Å². The van der Waals surface area contributed by atoms with Gasteiger partial charge >= 0.3 is 0 Å². The minimum Gasteiger partial charge on any atom is -0.370 e. The lowest BCUT2D eigenvalue weighted by Gasteiger charge is -2.35. The summed E-state index contributed by atoms with van der Waals surface area (Å²) in [7, 11) is 0. The first-order chi connectivity index (χ1) is 8.60. The molecule has 98 valence electrons. The van der Waals surface area contributed by atoms with E-state index in [-0.39, 0.29) is 18.1 Å². The molecular weight excluding hydrogens is 252 g/mol. The second kappa shape index (κ2) is 5.67. The van der Waals surface area contributed by atoms with Crippen molar-refractivity contribution in [3.63, 3.8) is 0 Å². The van der Waals surface area contributed by atoms with E-state index in [1.165, 1.54) is 0 Å². The minimum absolute atomic E-state index is 0.0104. The first-order valence-electron chi connectivity index (χ1n) is 6.04. The van der Waals surface area contributed by atoms with Gasteiger partial charge in [0.2, 0.25) is 0 Å². The summed E-state index contributed by atoms with van der Waals surface area (Å²) in [5.74, 6) is 0.346. The van der Waals surface area contributed by atoms with Crippen molar-refractivity contribution in [1.29, 1.82) is 0 Å². The molecule has 0 saturated carbocycles. The zero-order chi connectivity index (χ0) is 13.1. The summed E-state index contributed by atoms with van der Waals surface area (Å²) < 4.78 is 5.63.